The van der Waals surface area contributed by atoms with E-state index < -0.39 is 0 Å². The fraction of sp³-hybridized carbons (Fsp3) is 0.462. The van der Waals surface area contributed by atoms with Gasteiger partial charge in [0.25, 0.3) is 0 Å². The highest BCUT2D eigenvalue weighted by Gasteiger charge is 2.13. The average molecular weight is 216 g/mol. The highest BCUT2D eigenvalue weighted by molar-refractivity contribution is 5.35. The van der Waals surface area contributed by atoms with Gasteiger partial charge in [-0.2, -0.15) is 0 Å². The van der Waals surface area contributed by atoms with Gasteiger partial charge in [0, 0.05) is 6.54 Å². The fourth-order valence-electron chi connectivity index (χ4n) is 2.17. The second-order valence-corrected chi connectivity index (χ2v) is 4.16. The predicted molar refractivity (Wildman–Crippen MR) is 62.8 cm³/mol. The summed E-state index contributed by atoms with van der Waals surface area (Å²) >= 11 is 0. The zero-order valence-electron chi connectivity index (χ0n) is 9.35. The number of nitrogens with zero attached hydrogens (tertiary/aromatic N) is 2. The Labute approximate surface area is 95.8 Å². The van der Waals surface area contributed by atoms with Crippen molar-refractivity contribution in [3.8, 4) is 0 Å². The van der Waals surface area contributed by atoms with Gasteiger partial charge < -0.3 is 0 Å². The highest BCUT2D eigenvalue weighted by Crippen LogP contribution is 2.16. The first-order valence-electron chi connectivity index (χ1n) is 5.73. The van der Waals surface area contributed by atoms with E-state index in [-0.39, 0.29) is 0 Å². The van der Waals surface area contributed by atoms with E-state index >= 15 is 0 Å². The Balaban J connectivity index is 2.08. The lowest BCUT2D eigenvalue weighted by Crippen LogP contribution is -2.19. The minimum Gasteiger partial charge on any atom is -0.299 e. The molecule has 1 heterocycles. The largest absolute Gasteiger partial charge is 0.299 e. The van der Waals surface area contributed by atoms with Crippen LogP contribution >= 0.6 is 0 Å². The molecular formula is C13H16N2O. The van der Waals surface area contributed by atoms with Crippen molar-refractivity contribution in [1.29, 1.82) is 0 Å². The Hall–Kier alpha value is -1.44. The summed E-state index contributed by atoms with van der Waals surface area (Å²) in [6.07, 6.45) is 4.20. The van der Waals surface area contributed by atoms with Crippen LogP contribution in [-0.4, -0.2) is 24.1 Å². The number of benzene rings is 1. The van der Waals surface area contributed by atoms with Gasteiger partial charge in [0.1, 0.15) is 0 Å². The molecule has 0 bridgehead atoms. The highest BCUT2D eigenvalue weighted by atomic mass is 16.1. The quantitative estimate of drug-likeness (QED) is 0.570. The van der Waals surface area contributed by atoms with E-state index in [0.29, 0.717) is 6.54 Å². The van der Waals surface area contributed by atoms with E-state index in [4.69, 9.17) is 0 Å². The minimum atomic E-state index is 0.452. The molecule has 1 aliphatic heterocycles. The molecule has 84 valence electrons. The van der Waals surface area contributed by atoms with E-state index in [9.17, 15) is 4.79 Å². The lowest BCUT2D eigenvalue weighted by atomic mass is 10.1. The van der Waals surface area contributed by atoms with Crippen molar-refractivity contribution in [2.24, 2.45) is 4.99 Å². The van der Waals surface area contributed by atoms with Crippen LogP contribution in [0.5, 0.6) is 0 Å². The smallest absolute Gasteiger partial charge is 0.235 e. The molecular weight excluding hydrogens is 200 g/mol. The molecule has 1 fully saturated rings. The van der Waals surface area contributed by atoms with Crippen LogP contribution in [0.4, 0.5) is 0 Å². The van der Waals surface area contributed by atoms with Crippen LogP contribution in [0.25, 0.3) is 0 Å². The summed E-state index contributed by atoms with van der Waals surface area (Å²) in [5.41, 5.74) is 2.42. The Bertz CT molecular complexity index is 391. The maximum absolute atomic E-state index is 10.1. The van der Waals surface area contributed by atoms with Gasteiger partial charge in [-0.1, -0.05) is 24.3 Å². The van der Waals surface area contributed by atoms with Crippen LogP contribution < -0.4 is 0 Å². The molecule has 1 aliphatic rings. The van der Waals surface area contributed by atoms with E-state index in [1.807, 2.05) is 18.2 Å². The van der Waals surface area contributed by atoms with Gasteiger partial charge >= 0.3 is 0 Å². The van der Waals surface area contributed by atoms with Gasteiger partial charge in [-0.05, 0) is 37.1 Å². The summed E-state index contributed by atoms with van der Waals surface area (Å²) in [5.74, 6) is 0. The molecule has 1 aromatic carbocycles. The Morgan fingerprint density at radius 2 is 1.88 bits per heavy atom. The third-order valence-corrected chi connectivity index (χ3v) is 3.02. The standard InChI is InChI=1S/C13H16N2O/c16-11-14-9-12-5-1-2-6-13(12)10-15-7-3-4-8-15/h1-2,5-6H,3-4,7-10H2. The van der Waals surface area contributed by atoms with Gasteiger partial charge in [0.2, 0.25) is 6.08 Å². The second kappa shape index (κ2) is 5.59. The molecule has 1 saturated heterocycles. The molecule has 2 rings (SSSR count). The Kier molecular flexibility index (Phi) is 3.86. The first kappa shape index (κ1) is 11.1. The molecule has 3 nitrogen and oxygen atoms in total. The summed E-state index contributed by atoms with van der Waals surface area (Å²) in [6, 6.07) is 8.18. The predicted octanol–water partition coefficient (Wildman–Crippen LogP) is 2.12. The van der Waals surface area contributed by atoms with Crippen molar-refractivity contribution in [3.05, 3.63) is 35.4 Å². The number of hydrogen-bond donors (Lipinski definition) is 0. The van der Waals surface area contributed by atoms with Crippen molar-refractivity contribution in [2.75, 3.05) is 13.1 Å². The minimum absolute atomic E-state index is 0.452. The number of carbonyl (C=O) groups excluding carboxylic acids is 1. The molecule has 0 N–H and O–H groups in total. The van der Waals surface area contributed by atoms with Crippen LogP contribution in [0.3, 0.4) is 0 Å². The third-order valence-electron chi connectivity index (χ3n) is 3.02. The number of likely N-dealkylation sites (tertiary alicyclic amines) is 1. The zero-order chi connectivity index (χ0) is 11.2. The van der Waals surface area contributed by atoms with Crippen molar-refractivity contribution >= 4 is 6.08 Å². The lowest BCUT2D eigenvalue weighted by molar-refractivity contribution is 0.330. The molecule has 0 aromatic heterocycles. The van der Waals surface area contributed by atoms with E-state index in [0.717, 1.165) is 12.1 Å². The maximum Gasteiger partial charge on any atom is 0.235 e. The fourth-order valence-corrected chi connectivity index (χ4v) is 2.17. The second-order valence-electron chi connectivity index (χ2n) is 4.16. The topological polar surface area (TPSA) is 32.7 Å². The SMILES string of the molecule is O=C=NCc1ccccc1CN1CCCC1. The monoisotopic (exact) mass is 216 g/mol. The molecule has 1 aromatic rings. The van der Waals surface area contributed by atoms with E-state index in [1.165, 1.54) is 31.5 Å². The molecule has 0 saturated carbocycles. The number of hydrogen-bond acceptors (Lipinski definition) is 3. The summed E-state index contributed by atoms with van der Waals surface area (Å²) in [5, 5.41) is 0. The Morgan fingerprint density at radius 1 is 1.19 bits per heavy atom. The summed E-state index contributed by atoms with van der Waals surface area (Å²) < 4.78 is 0. The summed E-state index contributed by atoms with van der Waals surface area (Å²) in [7, 11) is 0. The van der Waals surface area contributed by atoms with E-state index in [2.05, 4.69) is 16.0 Å². The first-order valence-corrected chi connectivity index (χ1v) is 5.73. The molecule has 0 amide bonds. The molecule has 0 spiro atoms. The van der Waals surface area contributed by atoms with Crippen molar-refractivity contribution in [1.82, 2.24) is 4.90 Å². The molecule has 3 heteroatoms. The van der Waals surface area contributed by atoms with Crippen LogP contribution in [0, 0.1) is 0 Å². The van der Waals surface area contributed by atoms with Crippen LogP contribution in [-0.2, 0) is 17.9 Å². The van der Waals surface area contributed by atoms with Gasteiger partial charge in [-0.25, -0.2) is 9.79 Å². The molecule has 0 aliphatic carbocycles. The number of isocyanates is 1. The Morgan fingerprint density at radius 3 is 2.56 bits per heavy atom. The first-order chi connectivity index (χ1) is 7.90. The number of rotatable bonds is 4. The van der Waals surface area contributed by atoms with Crippen molar-refractivity contribution in [2.45, 2.75) is 25.9 Å². The van der Waals surface area contributed by atoms with Crippen LogP contribution in [0.2, 0.25) is 0 Å². The van der Waals surface area contributed by atoms with Gasteiger partial charge in [0.15, 0.2) is 0 Å². The van der Waals surface area contributed by atoms with Gasteiger partial charge in [0.05, 0.1) is 6.54 Å². The average Bonchev–Trinajstić information content (AvgIpc) is 2.81. The zero-order valence-corrected chi connectivity index (χ0v) is 9.35. The van der Waals surface area contributed by atoms with Crippen molar-refractivity contribution in [3.63, 3.8) is 0 Å². The van der Waals surface area contributed by atoms with Crippen LogP contribution in [0.15, 0.2) is 29.3 Å². The molecule has 0 atom stereocenters. The molecule has 0 unspecified atom stereocenters. The van der Waals surface area contributed by atoms with Gasteiger partial charge in [-0.3, -0.25) is 4.90 Å². The van der Waals surface area contributed by atoms with Gasteiger partial charge in [-0.15, -0.1) is 0 Å². The van der Waals surface area contributed by atoms with Crippen molar-refractivity contribution < 1.29 is 4.79 Å². The normalized spacial score (nSPS) is 16.0. The number of aliphatic imine (C=N–C) groups is 1. The van der Waals surface area contributed by atoms with Crippen LogP contribution in [0.1, 0.15) is 24.0 Å². The molecule has 16 heavy (non-hydrogen) atoms. The molecule has 0 radical (unpaired) electrons. The summed E-state index contributed by atoms with van der Waals surface area (Å²) in [4.78, 5) is 16.2. The summed E-state index contributed by atoms with van der Waals surface area (Å²) in [6.45, 7) is 3.80. The maximum atomic E-state index is 10.1. The lowest BCUT2D eigenvalue weighted by Gasteiger charge is -2.16. The third kappa shape index (κ3) is 2.78. The van der Waals surface area contributed by atoms with E-state index in [1.54, 1.807) is 6.08 Å².